The van der Waals surface area contributed by atoms with E-state index in [1.807, 2.05) is 0 Å². The zero-order valence-electron chi connectivity index (χ0n) is 49.1. The molecule has 10 amide bonds. The number of unbranched alkanes of at least 4 members (excludes halogenated alkanes) is 2. The maximum atomic E-state index is 14.5. The van der Waals surface area contributed by atoms with Gasteiger partial charge in [0, 0.05) is 33.1 Å². The zero-order valence-corrected chi connectivity index (χ0v) is 49.1. The number of carbonyl (C=O) groups is 10. The lowest BCUT2D eigenvalue weighted by atomic mass is 10.0. The van der Waals surface area contributed by atoms with Crippen molar-refractivity contribution in [2.24, 2.45) is 83.0 Å². The smallest absolute Gasteiger partial charge is 0.245 e. The fraction of sp³-hybridized carbons (Fsp3) is 0.714. The predicted octanol–water partition coefficient (Wildman–Crippen LogP) is -9.89. The van der Waals surface area contributed by atoms with Gasteiger partial charge in [-0.1, -0.05) is 0 Å². The predicted molar refractivity (Wildman–Crippen MR) is 317 cm³/mol. The fourth-order valence-electron chi connectivity index (χ4n) is 7.96. The molecule has 0 aliphatic carbocycles. The summed E-state index contributed by atoms with van der Waals surface area (Å²) < 4.78 is 0. The molecule has 0 aromatic heterocycles. The number of nitrogens with zero attached hydrogens (tertiary/aromatic N) is 4. The maximum absolute atomic E-state index is 14.5. The van der Waals surface area contributed by atoms with Gasteiger partial charge in [-0.05, 0) is 124 Å². The summed E-state index contributed by atoms with van der Waals surface area (Å²) in [6.07, 6.45) is -1.57. The minimum Gasteiger partial charge on any atom is -0.391 e. The average Bonchev–Trinajstić information content (AvgIpc) is 3.57. The van der Waals surface area contributed by atoms with Crippen LogP contribution in [0, 0.1) is 0 Å². The lowest BCUT2D eigenvalue weighted by Crippen LogP contribution is -2.61. The monoisotopic (exact) mass is 1210 g/mol. The topological polar surface area (TPSA) is 655 Å². The summed E-state index contributed by atoms with van der Waals surface area (Å²) in [5.74, 6) is -9.87. The Bertz CT molecular complexity index is 2270. The van der Waals surface area contributed by atoms with Crippen LogP contribution in [0.2, 0.25) is 0 Å². The van der Waals surface area contributed by atoms with Crippen LogP contribution in [0.3, 0.4) is 0 Å². The van der Waals surface area contributed by atoms with E-state index in [9.17, 15) is 58.2 Å². The van der Waals surface area contributed by atoms with E-state index in [2.05, 4.69) is 67.8 Å². The molecular formula is C49H96N24O12. The number of nitrogens with one attached hydrogen (secondary N) is 9. The molecule has 0 aliphatic rings. The normalized spacial score (nSPS) is 14.7. The van der Waals surface area contributed by atoms with Crippen LogP contribution in [0.25, 0.3) is 0 Å². The van der Waals surface area contributed by atoms with Crippen molar-refractivity contribution in [1.29, 1.82) is 0 Å². The number of hydrogen-bond acceptors (Lipinski definition) is 18. The number of primary amides is 1. The Kier molecular flexibility index (Phi) is 38.2. The quantitative estimate of drug-likeness (QED) is 0.0153. The van der Waals surface area contributed by atoms with Crippen molar-refractivity contribution in [1.82, 2.24) is 47.9 Å². The van der Waals surface area contributed by atoms with Crippen molar-refractivity contribution in [3.8, 4) is 0 Å². The van der Waals surface area contributed by atoms with Crippen LogP contribution in [0.1, 0.15) is 118 Å². The van der Waals surface area contributed by atoms with Gasteiger partial charge >= 0.3 is 0 Å². The highest BCUT2D eigenvalue weighted by Crippen LogP contribution is 2.11. The lowest BCUT2D eigenvalue weighted by Gasteiger charge is -2.28. The molecule has 0 saturated carbocycles. The molecule has 0 saturated heterocycles. The van der Waals surface area contributed by atoms with Gasteiger partial charge in [-0.3, -0.25) is 67.9 Å². The van der Waals surface area contributed by atoms with Crippen molar-refractivity contribution < 1.29 is 58.2 Å². The Morgan fingerprint density at radius 1 is 0.341 bits per heavy atom. The van der Waals surface area contributed by atoms with Crippen LogP contribution in [-0.4, -0.2) is 199 Å². The Morgan fingerprint density at radius 3 is 0.871 bits per heavy atom. The third-order valence-corrected chi connectivity index (χ3v) is 12.4. The molecular weight excluding hydrogens is 1120 g/mol. The first kappa shape index (κ1) is 76.6. The van der Waals surface area contributed by atoms with Crippen LogP contribution in [-0.2, 0) is 47.9 Å². The van der Waals surface area contributed by atoms with E-state index < -0.39 is 126 Å². The largest absolute Gasteiger partial charge is 0.391 e. The van der Waals surface area contributed by atoms with Crippen LogP contribution >= 0.6 is 0 Å². The molecule has 0 aliphatic heterocycles. The van der Waals surface area contributed by atoms with Gasteiger partial charge in [-0.15, -0.1) is 0 Å². The molecule has 0 unspecified atom stereocenters. The van der Waals surface area contributed by atoms with E-state index in [4.69, 9.17) is 63.1 Å². The number of rotatable bonds is 44. The van der Waals surface area contributed by atoms with Crippen molar-refractivity contribution in [3.05, 3.63) is 0 Å². The third-order valence-electron chi connectivity index (χ3n) is 12.4. The Labute approximate surface area is 494 Å². The molecule has 0 aromatic rings. The van der Waals surface area contributed by atoms with E-state index in [-0.39, 0.29) is 134 Å². The van der Waals surface area contributed by atoms with Crippen LogP contribution in [0.15, 0.2) is 20.0 Å². The number of hydrogen-bond donors (Lipinski definition) is 22. The van der Waals surface area contributed by atoms with Gasteiger partial charge in [0.15, 0.2) is 23.8 Å². The third kappa shape index (κ3) is 34.1. The van der Waals surface area contributed by atoms with Gasteiger partial charge in [0.1, 0.15) is 54.4 Å². The molecule has 484 valence electrons. The first-order valence-corrected chi connectivity index (χ1v) is 27.9. The second kappa shape index (κ2) is 42.4. The number of aliphatic imine (C=N–C) groups is 4. The average molecular weight is 1210 g/mol. The number of carbonyl (C=O) groups excluding carboxylic acids is 10. The molecule has 36 nitrogen and oxygen atoms in total. The first-order chi connectivity index (χ1) is 39.9. The van der Waals surface area contributed by atoms with Gasteiger partial charge in [0.2, 0.25) is 59.1 Å². The van der Waals surface area contributed by atoms with Crippen LogP contribution < -0.4 is 111 Å². The van der Waals surface area contributed by atoms with Gasteiger partial charge in [0.05, 0.1) is 12.2 Å². The lowest BCUT2D eigenvalue weighted by molar-refractivity contribution is -0.137. The van der Waals surface area contributed by atoms with E-state index >= 15 is 0 Å². The van der Waals surface area contributed by atoms with Crippen molar-refractivity contribution in [3.63, 3.8) is 0 Å². The number of guanidine groups is 4. The Morgan fingerprint density at radius 2 is 0.600 bits per heavy atom. The summed E-state index contributed by atoms with van der Waals surface area (Å²) in [6.45, 7) is 5.38. The highest BCUT2D eigenvalue weighted by atomic mass is 16.3. The number of aliphatic hydroxyl groups is 2. The number of aliphatic hydroxyl groups excluding tert-OH is 2. The number of amides is 10. The summed E-state index contributed by atoms with van der Waals surface area (Å²) in [5, 5.41) is 43.6. The maximum Gasteiger partial charge on any atom is 0.245 e. The first-order valence-electron chi connectivity index (χ1n) is 27.9. The second-order valence-electron chi connectivity index (χ2n) is 20.0. The molecule has 0 radical (unpaired) electrons. The molecule has 0 bridgehead atoms. The fourth-order valence-corrected chi connectivity index (χ4v) is 7.96. The van der Waals surface area contributed by atoms with Gasteiger partial charge < -0.3 is 121 Å². The van der Waals surface area contributed by atoms with Gasteiger partial charge in [-0.2, -0.15) is 0 Å². The van der Waals surface area contributed by atoms with E-state index in [0.29, 0.717) is 19.3 Å². The summed E-state index contributed by atoms with van der Waals surface area (Å²) in [7, 11) is 0. The van der Waals surface area contributed by atoms with E-state index in [1.165, 1.54) is 27.7 Å². The molecule has 33 N–H and O–H groups in total. The Hall–Kier alpha value is -8.38. The van der Waals surface area contributed by atoms with E-state index in [1.54, 1.807) is 0 Å². The summed E-state index contributed by atoms with van der Waals surface area (Å²) in [6, 6.07) is -12.9. The van der Waals surface area contributed by atoms with Crippen LogP contribution in [0.5, 0.6) is 0 Å². The molecule has 0 fully saturated rings. The Balaban J connectivity index is 7.08. The molecule has 0 aromatic carbocycles. The minimum absolute atomic E-state index is 0.0167. The van der Waals surface area contributed by atoms with Crippen LogP contribution in [0.4, 0.5) is 0 Å². The highest BCUT2D eigenvalue weighted by molar-refractivity contribution is 5.98. The standard InChI is InChI=1S/C49H96N24O12/c1-25(65-39(79)29(66-28(4)76)15-9-21-61-46(53)54)38(78)73-36(27(3)75)45(85)71-33(17-11-23-63-48(57)58)43(83)69-32(16-10-22-62-47(55)56)42(82)68-30(13-5-7-19-50)40(80)67-31(14-6-8-20-51)41(81)70-34(18-12-24-64-49(59)60)44(84)72-35(26(2)74)37(52)77/h25-27,29-36,74-75H,5-24,50-51H2,1-4H3,(H2,52,77)(H,65,79)(H,66,76)(H,67,80)(H,68,82)(H,69,83)(H,70,81)(H,71,85)(H,72,84)(H,73,78)(H4,53,54,61)(H4,55,56,62)(H4,57,58,63)(H4,59,60,64)/t25-,26+,27+,29-,30-,31-,32-,33-,34-,35-,36-/m0/s1. The molecule has 85 heavy (non-hydrogen) atoms. The molecule has 0 spiro atoms. The van der Waals surface area contributed by atoms with E-state index in [0.717, 1.165) is 0 Å². The zero-order chi connectivity index (χ0) is 64.8. The van der Waals surface area contributed by atoms with Crippen molar-refractivity contribution in [2.75, 3.05) is 39.3 Å². The summed E-state index contributed by atoms with van der Waals surface area (Å²) in [4.78, 5) is 151. The number of nitrogens with two attached hydrogens (primary N) is 11. The molecule has 0 heterocycles. The summed E-state index contributed by atoms with van der Waals surface area (Å²) in [5.41, 5.74) is 60.7. The molecule has 11 atom stereocenters. The molecule has 36 heteroatoms. The molecule has 0 rings (SSSR count). The second-order valence-corrected chi connectivity index (χ2v) is 20.0. The summed E-state index contributed by atoms with van der Waals surface area (Å²) >= 11 is 0. The minimum atomic E-state index is -1.75. The van der Waals surface area contributed by atoms with Gasteiger partial charge in [0.25, 0.3) is 0 Å². The SMILES string of the molecule is CC(=O)N[C@@H](CCCN=C(N)N)C(=O)N[C@@H](C)C(=O)N[C@H](C(=O)N[C@@H](CCCN=C(N)N)C(=O)N[C@@H](CCCN=C(N)N)C(=O)N[C@@H](CCCCN)C(=O)N[C@@H](CCCCN)C(=O)N[C@@H](CCCN=C(N)N)C(=O)N[C@H](C(N)=O)[C@@H](C)O)[C@@H](C)O. The highest BCUT2D eigenvalue weighted by Gasteiger charge is 2.36. The van der Waals surface area contributed by atoms with Gasteiger partial charge in [-0.25, -0.2) is 0 Å². The van der Waals surface area contributed by atoms with Crippen molar-refractivity contribution in [2.45, 2.75) is 184 Å². The van der Waals surface area contributed by atoms with Crippen molar-refractivity contribution >= 4 is 82.9 Å².